The summed E-state index contributed by atoms with van der Waals surface area (Å²) in [5.74, 6) is -0.103. The first kappa shape index (κ1) is 15.0. The molecule has 1 N–H and O–H groups in total. The maximum absolute atomic E-state index is 11.8. The van der Waals surface area contributed by atoms with E-state index < -0.39 is 11.4 Å². The number of rotatable bonds is 5. The Kier molecular flexibility index (Phi) is 4.81. The van der Waals surface area contributed by atoms with Crippen molar-refractivity contribution in [3.63, 3.8) is 0 Å². The molecule has 1 aromatic carbocycles. The van der Waals surface area contributed by atoms with Crippen LogP contribution in [0, 0.1) is 11.3 Å². The first-order valence-corrected chi connectivity index (χ1v) is 7.48. The highest BCUT2D eigenvalue weighted by molar-refractivity contribution is 5.75. The summed E-state index contributed by atoms with van der Waals surface area (Å²) in [6.45, 7) is 3.62. The Morgan fingerprint density at radius 2 is 2.10 bits per heavy atom. The Bertz CT molecular complexity index is 446. The van der Waals surface area contributed by atoms with Gasteiger partial charge in [-0.15, -0.1) is 0 Å². The minimum absolute atomic E-state index is 0.518. The van der Waals surface area contributed by atoms with Crippen molar-refractivity contribution >= 4 is 5.97 Å². The number of carbonyl (C=O) groups is 1. The van der Waals surface area contributed by atoms with E-state index in [1.807, 2.05) is 25.2 Å². The molecule has 0 amide bonds. The minimum Gasteiger partial charge on any atom is -0.481 e. The number of nitrogens with zero attached hydrogens (tertiary/aromatic N) is 1. The fourth-order valence-electron chi connectivity index (χ4n) is 3.53. The molecule has 0 bridgehead atoms. The monoisotopic (exact) mass is 275 g/mol. The van der Waals surface area contributed by atoms with E-state index in [4.69, 9.17) is 0 Å². The summed E-state index contributed by atoms with van der Waals surface area (Å²) in [5, 5.41) is 9.69. The fourth-order valence-corrected chi connectivity index (χ4v) is 3.53. The molecule has 1 saturated carbocycles. The van der Waals surface area contributed by atoms with Crippen LogP contribution in [0.2, 0.25) is 0 Å². The Hall–Kier alpha value is -1.35. The van der Waals surface area contributed by atoms with Crippen molar-refractivity contribution in [1.82, 2.24) is 4.90 Å². The number of carboxylic acids is 1. The van der Waals surface area contributed by atoms with Crippen molar-refractivity contribution in [2.24, 2.45) is 11.3 Å². The predicted octanol–water partition coefficient (Wildman–Crippen LogP) is 3.40. The number of benzene rings is 1. The highest BCUT2D eigenvalue weighted by atomic mass is 16.4. The van der Waals surface area contributed by atoms with Gasteiger partial charge in [-0.1, -0.05) is 50.1 Å². The van der Waals surface area contributed by atoms with Crippen LogP contribution in [0.3, 0.4) is 0 Å². The molecule has 1 aliphatic carbocycles. The van der Waals surface area contributed by atoms with Crippen LogP contribution >= 0.6 is 0 Å². The largest absolute Gasteiger partial charge is 0.481 e. The Morgan fingerprint density at radius 3 is 2.70 bits per heavy atom. The second-order valence-electron chi connectivity index (χ2n) is 6.44. The lowest BCUT2D eigenvalue weighted by Crippen LogP contribution is -2.44. The average molecular weight is 275 g/mol. The Labute approximate surface area is 121 Å². The smallest absolute Gasteiger partial charge is 0.310 e. The van der Waals surface area contributed by atoms with Crippen molar-refractivity contribution in [2.45, 2.75) is 39.2 Å². The average Bonchev–Trinajstić information content (AvgIpc) is 2.39. The maximum Gasteiger partial charge on any atom is 0.310 e. The summed E-state index contributed by atoms with van der Waals surface area (Å²) in [5.41, 5.74) is 0.681. The molecule has 0 aliphatic heterocycles. The van der Waals surface area contributed by atoms with Crippen LogP contribution in [0.5, 0.6) is 0 Å². The fraction of sp³-hybridized carbons (Fsp3) is 0.588. The summed E-state index contributed by atoms with van der Waals surface area (Å²) < 4.78 is 0. The van der Waals surface area contributed by atoms with Crippen LogP contribution in [-0.2, 0) is 11.3 Å². The molecular formula is C17H25NO2. The van der Waals surface area contributed by atoms with E-state index in [0.29, 0.717) is 12.5 Å². The Morgan fingerprint density at radius 1 is 1.40 bits per heavy atom. The van der Waals surface area contributed by atoms with Crippen LogP contribution in [-0.4, -0.2) is 29.6 Å². The summed E-state index contributed by atoms with van der Waals surface area (Å²) in [4.78, 5) is 13.9. The van der Waals surface area contributed by atoms with Crippen LogP contribution in [0.4, 0.5) is 0 Å². The molecule has 2 unspecified atom stereocenters. The molecule has 1 aromatic rings. The van der Waals surface area contributed by atoms with E-state index in [9.17, 15) is 9.90 Å². The quantitative estimate of drug-likeness (QED) is 0.895. The van der Waals surface area contributed by atoms with Crippen molar-refractivity contribution < 1.29 is 9.90 Å². The lowest BCUT2D eigenvalue weighted by molar-refractivity contribution is -0.153. The van der Waals surface area contributed by atoms with Crippen molar-refractivity contribution in [3.8, 4) is 0 Å². The van der Waals surface area contributed by atoms with Gasteiger partial charge in [0.15, 0.2) is 0 Å². The van der Waals surface area contributed by atoms with Crippen LogP contribution in [0.25, 0.3) is 0 Å². The van der Waals surface area contributed by atoms with Gasteiger partial charge in [0.25, 0.3) is 0 Å². The predicted molar refractivity (Wildman–Crippen MR) is 80.5 cm³/mol. The van der Waals surface area contributed by atoms with Gasteiger partial charge in [0.2, 0.25) is 0 Å². The normalized spacial score (nSPS) is 26.6. The molecule has 0 radical (unpaired) electrons. The number of carboxylic acid groups (broad SMARTS) is 1. The van der Waals surface area contributed by atoms with Gasteiger partial charge in [-0.3, -0.25) is 4.79 Å². The zero-order valence-electron chi connectivity index (χ0n) is 12.5. The SMILES string of the molecule is CC1CCCC(CN(C)Cc2ccccc2)(C(=O)O)C1. The number of aliphatic carboxylic acids is 1. The molecule has 20 heavy (non-hydrogen) atoms. The van der Waals surface area contributed by atoms with E-state index in [-0.39, 0.29) is 0 Å². The van der Waals surface area contributed by atoms with E-state index in [2.05, 4.69) is 24.0 Å². The molecule has 110 valence electrons. The molecule has 2 atom stereocenters. The second kappa shape index (κ2) is 6.40. The van der Waals surface area contributed by atoms with Gasteiger partial charge < -0.3 is 10.0 Å². The summed E-state index contributed by atoms with van der Waals surface area (Å²) in [6, 6.07) is 10.2. The zero-order valence-corrected chi connectivity index (χ0v) is 12.5. The van der Waals surface area contributed by atoms with Crippen molar-refractivity contribution in [1.29, 1.82) is 0 Å². The van der Waals surface area contributed by atoms with Gasteiger partial charge in [-0.2, -0.15) is 0 Å². The van der Waals surface area contributed by atoms with Gasteiger partial charge in [0.1, 0.15) is 0 Å². The van der Waals surface area contributed by atoms with Gasteiger partial charge >= 0.3 is 5.97 Å². The number of hydrogen-bond donors (Lipinski definition) is 1. The zero-order chi connectivity index (χ0) is 14.6. The molecule has 3 nitrogen and oxygen atoms in total. The van der Waals surface area contributed by atoms with E-state index >= 15 is 0 Å². The van der Waals surface area contributed by atoms with Crippen LogP contribution in [0.1, 0.15) is 38.2 Å². The molecule has 2 rings (SSSR count). The molecule has 0 spiro atoms. The topological polar surface area (TPSA) is 40.5 Å². The van der Waals surface area contributed by atoms with Crippen molar-refractivity contribution in [3.05, 3.63) is 35.9 Å². The molecular weight excluding hydrogens is 250 g/mol. The molecule has 1 aliphatic rings. The molecule has 0 saturated heterocycles. The van der Waals surface area contributed by atoms with E-state index in [1.54, 1.807) is 0 Å². The molecule has 3 heteroatoms. The Balaban J connectivity index is 2.03. The van der Waals surface area contributed by atoms with Gasteiger partial charge in [0.05, 0.1) is 5.41 Å². The highest BCUT2D eigenvalue weighted by Gasteiger charge is 2.42. The second-order valence-corrected chi connectivity index (χ2v) is 6.44. The lowest BCUT2D eigenvalue weighted by atomic mass is 9.69. The standard InChI is InChI=1S/C17H25NO2/c1-14-7-6-10-17(11-14,16(19)20)13-18(2)12-15-8-4-3-5-9-15/h3-5,8-9,14H,6-7,10-13H2,1-2H3,(H,19,20). The lowest BCUT2D eigenvalue weighted by Gasteiger charge is -2.39. The first-order valence-electron chi connectivity index (χ1n) is 7.48. The van der Waals surface area contributed by atoms with Gasteiger partial charge in [0, 0.05) is 13.1 Å². The van der Waals surface area contributed by atoms with Crippen LogP contribution in [0.15, 0.2) is 30.3 Å². The van der Waals surface area contributed by atoms with Gasteiger partial charge in [-0.25, -0.2) is 0 Å². The van der Waals surface area contributed by atoms with Gasteiger partial charge in [-0.05, 0) is 31.4 Å². The highest BCUT2D eigenvalue weighted by Crippen LogP contribution is 2.40. The number of hydrogen-bond acceptors (Lipinski definition) is 2. The third-order valence-corrected chi connectivity index (χ3v) is 4.41. The third kappa shape index (κ3) is 3.60. The molecule has 0 heterocycles. The van der Waals surface area contributed by atoms with Crippen LogP contribution < -0.4 is 0 Å². The summed E-state index contributed by atoms with van der Waals surface area (Å²) >= 11 is 0. The maximum atomic E-state index is 11.8. The van der Waals surface area contributed by atoms with E-state index in [1.165, 1.54) is 5.56 Å². The molecule has 1 fully saturated rings. The first-order chi connectivity index (χ1) is 9.52. The minimum atomic E-state index is -0.621. The van der Waals surface area contributed by atoms with E-state index in [0.717, 1.165) is 32.2 Å². The van der Waals surface area contributed by atoms with Crippen molar-refractivity contribution in [2.75, 3.05) is 13.6 Å². The third-order valence-electron chi connectivity index (χ3n) is 4.41. The molecule has 0 aromatic heterocycles. The summed E-state index contributed by atoms with van der Waals surface area (Å²) in [6.07, 6.45) is 3.82. The summed E-state index contributed by atoms with van der Waals surface area (Å²) in [7, 11) is 2.02.